The van der Waals surface area contributed by atoms with Crippen LogP contribution in [0.4, 0.5) is 11.4 Å². The van der Waals surface area contributed by atoms with Gasteiger partial charge in [0.2, 0.25) is 0 Å². The number of piperidine rings is 1. The number of amides is 1. The molecule has 1 aliphatic heterocycles. The summed E-state index contributed by atoms with van der Waals surface area (Å²) < 4.78 is 0. The molecule has 1 aromatic carbocycles. The predicted octanol–water partition coefficient (Wildman–Crippen LogP) is 3.70. The van der Waals surface area contributed by atoms with Gasteiger partial charge in [0.25, 0.3) is 11.6 Å². The number of halogens is 1. The molecule has 0 aliphatic carbocycles. The van der Waals surface area contributed by atoms with E-state index < -0.39 is 4.92 Å². The molecule has 158 valence electrons. The van der Waals surface area contributed by atoms with E-state index in [0.29, 0.717) is 36.1 Å². The van der Waals surface area contributed by atoms with E-state index in [1.54, 1.807) is 24.1 Å². The average Bonchev–Trinajstić information content (AvgIpc) is 2.65. The molecule has 1 atom stereocenters. The molecule has 0 saturated carbocycles. The number of benzene rings is 1. The molecule has 2 rings (SSSR count). The van der Waals surface area contributed by atoms with Crippen LogP contribution in [-0.2, 0) is 0 Å². The van der Waals surface area contributed by atoms with Crippen LogP contribution in [0.1, 0.15) is 50.4 Å². The number of nitrogens with zero attached hydrogens (tertiary/aromatic N) is 3. The quantitative estimate of drug-likeness (QED) is 0.544. The largest absolute Gasteiger partial charge is 0.366 e. The molecule has 8 heteroatoms. The van der Waals surface area contributed by atoms with E-state index in [2.05, 4.69) is 25.7 Å². The summed E-state index contributed by atoms with van der Waals surface area (Å²) in [5, 5.41) is 11.6. The first kappa shape index (κ1) is 24.2. The van der Waals surface area contributed by atoms with Crippen molar-refractivity contribution in [2.24, 2.45) is 17.6 Å². The highest BCUT2D eigenvalue weighted by Crippen LogP contribution is 2.32. The van der Waals surface area contributed by atoms with Crippen molar-refractivity contribution in [3.05, 3.63) is 33.9 Å². The van der Waals surface area contributed by atoms with Gasteiger partial charge in [0.15, 0.2) is 0 Å². The minimum absolute atomic E-state index is 0. The van der Waals surface area contributed by atoms with Crippen molar-refractivity contribution in [2.45, 2.75) is 46.1 Å². The highest BCUT2D eigenvalue weighted by atomic mass is 35.5. The van der Waals surface area contributed by atoms with Gasteiger partial charge in [0, 0.05) is 44.4 Å². The van der Waals surface area contributed by atoms with Crippen LogP contribution >= 0.6 is 12.4 Å². The van der Waals surface area contributed by atoms with Crippen LogP contribution < -0.4 is 10.6 Å². The standard InChI is InChI=1S/C20H32N4O3.ClH/c1-14(2)17(21)9-10-22(4)20(25)16-5-6-18(19(13-16)24(26)27)23-11-7-15(3)8-12-23;/h5-6,13-15,17H,7-12,21H2,1-4H3;1H. The van der Waals surface area contributed by atoms with E-state index in [0.717, 1.165) is 25.9 Å². The Morgan fingerprint density at radius 3 is 2.50 bits per heavy atom. The summed E-state index contributed by atoms with van der Waals surface area (Å²) in [4.78, 5) is 27.5. The molecule has 0 bridgehead atoms. The lowest BCUT2D eigenvalue weighted by molar-refractivity contribution is -0.384. The molecule has 0 aromatic heterocycles. The second kappa shape index (κ2) is 10.6. The Bertz CT molecular complexity index is 675. The molecule has 0 radical (unpaired) electrons. The van der Waals surface area contributed by atoms with Gasteiger partial charge in [0.05, 0.1) is 4.92 Å². The zero-order valence-corrected chi connectivity index (χ0v) is 18.1. The van der Waals surface area contributed by atoms with Crippen LogP contribution in [0.5, 0.6) is 0 Å². The summed E-state index contributed by atoms with van der Waals surface area (Å²) in [5.74, 6) is 0.779. The molecular weight excluding hydrogens is 380 g/mol. The van der Waals surface area contributed by atoms with E-state index in [9.17, 15) is 14.9 Å². The lowest BCUT2D eigenvalue weighted by atomic mass is 9.98. The van der Waals surface area contributed by atoms with Crippen LogP contribution in [0.3, 0.4) is 0 Å². The first-order valence-corrected chi connectivity index (χ1v) is 9.75. The van der Waals surface area contributed by atoms with Gasteiger partial charge >= 0.3 is 0 Å². The summed E-state index contributed by atoms with van der Waals surface area (Å²) in [5.41, 5.74) is 7.00. The third-order valence-electron chi connectivity index (χ3n) is 5.54. The SMILES string of the molecule is CC1CCN(c2ccc(C(=O)N(C)CCC(N)C(C)C)cc2[N+](=O)[O-])CC1.Cl. The van der Waals surface area contributed by atoms with Gasteiger partial charge in [-0.3, -0.25) is 14.9 Å². The van der Waals surface area contributed by atoms with E-state index in [1.165, 1.54) is 6.07 Å². The molecule has 7 nitrogen and oxygen atoms in total. The Labute approximate surface area is 173 Å². The van der Waals surface area contributed by atoms with E-state index in [4.69, 9.17) is 5.73 Å². The number of anilines is 1. The van der Waals surface area contributed by atoms with Crippen molar-refractivity contribution in [1.29, 1.82) is 0 Å². The maximum atomic E-state index is 12.7. The van der Waals surface area contributed by atoms with Crippen molar-refractivity contribution in [1.82, 2.24) is 4.90 Å². The fourth-order valence-electron chi connectivity index (χ4n) is 3.32. The second-order valence-electron chi connectivity index (χ2n) is 8.05. The smallest absolute Gasteiger partial charge is 0.293 e. The number of nitrogens with two attached hydrogens (primary N) is 1. The summed E-state index contributed by atoms with van der Waals surface area (Å²) in [7, 11) is 1.71. The number of nitro benzene ring substituents is 1. The summed E-state index contributed by atoms with van der Waals surface area (Å²) in [6, 6.07) is 4.85. The molecule has 1 unspecified atom stereocenters. The Morgan fingerprint density at radius 1 is 1.36 bits per heavy atom. The van der Waals surface area contributed by atoms with Crippen molar-refractivity contribution in [3.8, 4) is 0 Å². The van der Waals surface area contributed by atoms with Gasteiger partial charge in [-0.2, -0.15) is 0 Å². The Kier molecular flexibility index (Phi) is 9.17. The third kappa shape index (κ3) is 6.07. The number of nitro groups is 1. The maximum absolute atomic E-state index is 12.7. The van der Waals surface area contributed by atoms with E-state index in [1.807, 2.05) is 0 Å². The predicted molar refractivity (Wildman–Crippen MR) is 115 cm³/mol. The number of carbonyl (C=O) groups is 1. The highest BCUT2D eigenvalue weighted by Gasteiger charge is 2.25. The molecular formula is C20H33ClN4O3. The number of hydrogen-bond acceptors (Lipinski definition) is 5. The number of carbonyl (C=O) groups excluding carboxylic acids is 1. The van der Waals surface area contributed by atoms with Gasteiger partial charge in [-0.05, 0) is 43.2 Å². The van der Waals surface area contributed by atoms with Gasteiger partial charge in [-0.25, -0.2) is 0 Å². The van der Waals surface area contributed by atoms with Crippen molar-refractivity contribution in [3.63, 3.8) is 0 Å². The summed E-state index contributed by atoms with van der Waals surface area (Å²) in [6.45, 7) is 8.45. The second-order valence-corrected chi connectivity index (χ2v) is 8.05. The molecule has 0 spiro atoms. The van der Waals surface area contributed by atoms with Gasteiger partial charge in [-0.15, -0.1) is 12.4 Å². The van der Waals surface area contributed by atoms with Crippen LogP contribution in [0.2, 0.25) is 0 Å². The molecule has 1 amide bonds. The third-order valence-corrected chi connectivity index (χ3v) is 5.54. The van der Waals surface area contributed by atoms with Crippen molar-refractivity contribution in [2.75, 3.05) is 31.6 Å². The van der Waals surface area contributed by atoms with Gasteiger partial charge in [0.1, 0.15) is 5.69 Å². The molecule has 1 aromatic rings. The summed E-state index contributed by atoms with van der Waals surface area (Å²) in [6.07, 6.45) is 2.75. The molecule has 1 saturated heterocycles. The van der Waals surface area contributed by atoms with Crippen LogP contribution in [0.15, 0.2) is 18.2 Å². The van der Waals surface area contributed by atoms with Crippen LogP contribution in [0.25, 0.3) is 0 Å². The monoisotopic (exact) mass is 412 g/mol. The van der Waals surface area contributed by atoms with E-state index in [-0.39, 0.29) is 30.0 Å². The lowest BCUT2D eigenvalue weighted by Crippen LogP contribution is -2.35. The van der Waals surface area contributed by atoms with Crippen LogP contribution in [0, 0.1) is 22.0 Å². The van der Waals surface area contributed by atoms with E-state index >= 15 is 0 Å². The first-order chi connectivity index (χ1) is 12.7. The zero-order chi connectivity index (χ0) is 20.1. The molecule has 1 fully saturated rings. The summed E-state index contributed by atoms with van der Waals surface area (Å²) >= 11 is 0. The number of rotatable bonds is 7. The molecule has 1 heterocycles. The van der Waals surface area contributed by atoms with Gasteiger partial charge in [-0.1, -0.05) is 20.8 Å². The number of hydrogen-bond donors (Lipinski definition) is 1. The normalized spacial score (nSPS) is 15.9. The zero-order valence-electron chi connectivity index (χ0n) is 17.3. The lowest BCUT2D eigenvalue weighted by Gasteiger charge is -2.31. The molecule has 1 aliphatic rings. The topological polar surface area (TPSA) is 92.7 Å². The Morgan fingerprint density at radius 2 is 1.96 bits per heavy atom. The fraction of sp³-hybridized carbons (Fsp3) is 0.650. The Balaban J connectivity index is 0.00000392. The molecule has 28 heavy (non-hydrogen) atoms. The maximum Gasteiger partial charge on any atom is 0.293 e. The Hall–Kier alpha value is -1.86. The minimum Gasteiger partial charge on any atom is -0.366 e. The molecule has 2 N–H and O–H groups in total. The van der Waals surface area contributed by atoms with Crippen molar-refractivity contribution < 1.29 is 9.72 Å². The highest BCUT2D eigenvalue weighted by molar-refractivity contribution is 5.95. The van der Waals surface area contributed by atoms with Crippen LogP contribution in [-0.4, -0.2) is 48.5 Å². The fourth-order valence-corrected chi connectivity index (χ4v) is 3.32. The minimum atomic E-state index is -0.390. The first-order valence-electron chi connectivity index (χ1n) is 9.75. The van der Waals surface area contributed by atoms with Gasteiger partial charge < -0.3 is 15.5 Å². The average molecular weight is 413 g/mol. The van der Waals surface area contributed by atoms with Crippen molar-refractivity contribution >= 4 is 29.7 Å².